The Labute approximate surface area is 165 Å². The molecule has 1 aromatic heterocycles. The zero-order valence-corrected chi connectivity index (χ0v) is 17.7. The minimum Gasteiger partial charge on any atom is -0.411 e. The van der Waals surface area contributed by atoms with Crippen molar-refractivity contribution in [3.05, 3.63) is 29.8 Å². The number of nitrogens with zero attached hydrogens (tertiary/aromatic N) is 3. The van der Waals surface area contributed by atoms with Crippen LogP contribution in [0, 0.1) is 0 Å². The molecule has 1 aromatic carbocycles. The summed E-state index contributed by atoms with van der Waals surface area (Å²) in [6, 6.07) is 8.81. The molecule has 2 aromatic rings. The van der Waals surface area contributed by atoms with E-state index in [9.17, 15) is 4.79 Å². The van der Waals surface area contributed by atoms with E-state index in [1.54, 1.807) is 0 Å². The van der Waals surface area contributed by atoms with Gasteiger partial charge >= 0.3 is 0 Å². The number of carbonyl (C=O) groups excluding carboxylic acids is 1. The second-order valence-corrected chi connectivity index (χ2v) is 9.35. The van der Waals surface area contributed by atoms with Crippen molar-refractivity contribution in [2.45, 2.75) is 76.6 Å². The third-order valence-corrected chi connectivity index (χ3v) is 6.01. The molecular weight excluding hydrogens is 358 g/mol. The Morgan fingerprint density at radius 3 is 2.37 bits per heavy atom. The van der Waals surface area contributed by atoms with Crippen LogP contribution in [0.3, 0.4) is 0 Å². The summed E-state index contributed by atoms with van der Waals surface area (Å²) in [5, 5.41) is 8.67. The zero-order valence-electron chi connectivity index (χ0n) is 16.9. The van der Waals surface area contributed by atoms with Gasteiger partial charge in [0.15, 0.2) is 0 Å². The maximum absolute atomic E-state index is 12.6. The monoisotopic (exact) mass is 387 g/mol. The minimum absolute atomic E-state index is 0.109. The Morgan fingerprint density at radius 1 is 1.15 bits per heavy atom. The minimum atomic E-state index is 0.109. The van der Waals surface area contributed by atoms with Crippen molar-refractivity contribution in [2.24, 2.45) is 0 Å². The van der Waals surface area contributed by atoms with E-state index < -0.39 is 0 Å². The first kappa shape index (κ1) is 19.9. The third kappa shape index (κ3) is 4.72. The second-order valence-electron chi connectivity index (χ2n) is 8.42. The van der Waals surface area contributed by atoms with Crippen molar-refractivity contribution in [3.8, 4) is 11.5 Å². The Balaban J connectivity index is 1.62. The summed E-state index contributed by atoms with van der Waals surface area (Å²) in [5.41, 5.74) is 2.26. The zero-order chi connectivity index (χ0) is 19.6. The van der Waals surface area contributed by atoms with Crippen molar-refractivity contribution in [1.29, 1.82) is 0 Å². The fraction of sp³-hybridized carbons (Fsp3) is 0.571. The molecule has 0 saturated carbocycles. The predicted octanol–water partition coefficient (Wildman–Crippen LogP) is 4.92. The van der Waals surface area contributed by atoms with Crippen LogP contribution in [0.15, 0.2) is 33.9 Å². The van der Waals surface area contributed by atoms with E-state index in [1.807, 2.05) is 17.0 Å². The van der Waals surface area contributed by atoms with Gasteiger partial charge in [-0.3, -0.25) is 4.79 Å². The molecule has 0 aliphatic carbocycles. The highest BCUT2D eigenvalue weighted by Crippen LogP contribution is 2.28. The lowest BCUT2D eigenvalue weighted by molar-refractivity contribution is -0.134. The fourth-order valence-corrected chi connectivity index (χ4v) is 4.24. The highest BCUT2D eigenvalue weighted by Gasteiger charge is 2.29. The highest BCUT2D eigenvalue weighted by atomic mass is 32.2. The number of hydrogen-bond acceptors (Lipinski definition) is 5. The molecule has 1 aliphatic rings. The van der Waals surface area contributed by atoms with Gasteiger partial charge in [-0.2, -0.15) is 0 Å². The van der Waals surface area contributed by atoms with E-state index in [1.165, 1.54) is 23.7 Å². The number of thioether (sulfide) groups is 1. The Morgan fingerprint density at radius 2 is 1.78 bits per heavy atom. The number of rotatable bonds is 4. The summed E-state index contributed by atoms with van der Waals surface area (Å²) < 4.78 is 5.76. The summed E-state index contributed by atoms with van der Waals surface area (Å²) in [6.07, 6.45) is 3.35. The number of benzene rings is 1. The van der Waals surface area contributed by atoms with E-state index in [2.05, 4.69) is 56.9 Å². The molecule has 0 bridgehead atoms. The first-order valence-corrected chi connectivity index (χ1v) is 10.6. The number of carbonyl (C=O) groups is 1. The van der Waals surface area contributed by atoms with E-state index in [0.29, 0.717) is 29.0 Å². The van der Waals surface area contributed by atoms with Crippen LogP contribution >= 0.6 is 11.8 Å². The van der Waals surface area contributed by atoms with Crippen LogP contribution in [0.4, 0.5) is 0 Å². The van der Waals surface area contributed by atoms with Gasteiger partial charge in [0, 0.05) is 17.6 Å². The number of amides is 1. The first-order valence-electron chi connectivity index (χ1n) is 9.64. The molecule has 2 atom stereocenters. The lowest BCUT2D eigenvalue weighted by Crippen LogP contribution is -2.48. The molecule has 27 heavy (non-hydrogen) atoms. The van der Waals surface area contributed by atoms with Crippen LogP contribution in [0.2, 0.25) is 0 Å². The molecule has 1 amide bonds. The lowest BCUT2D eigenvalue weighted by Gasteiger charge is -2.39. The SMILES string of the molecule is C[C@@H]1CCC[C@H](C)N1C(=O)CSc1nnc(-c2ccc(C(C)(C)C)cc2)o1. The standard InChI is InChI=1S/C21H29N3O2S/c1-14-7-6-8-15(2)24(14)18(25)13-27-20-23-22-19(26-20)16-9-11-17(12-10-16)21(3,4)5/h9-12,14-15H,6-8,13H2,1-5H3/t14-,15+. The van der Waals surface area contributed by atoms with Crippen LogP contribution in [0.1, 0.15) is 59.4 Å². The molecule has 3 rings (SSSR count). The van der Waals surface area contributed by atoms with Crippen molar-refractivity contribution >= 4 is 17.7 Å². The lowest BCUT2D eigenvalue weighted by atomic mass is 9.87. The molecule has 1 fully saturated rings. The molecule has 6 heteroatoms. The van der Waals surface area contributed by atoms with Crippen LogP contribution in [0.25, 0.3) is 11.5 Å². The molecule has 0 spiro atoms. The van der Waals surface area contributed by atoms with E-state index in [-0.39, 0.29) is 11.3 Å². The highest BCUT2D eigenvalue weighted by molar-refractivity contribution is 7.99. The van der Waals surface area contributed by atoms with Gasteiger partial charge in [0.2, 0.25) is 11.8 Å². The van der Waals surface area contributed by atoms with Gasteiger partial charge in [-0.1, -0.05) is 44.7 Å². The van der Waals surface area contributed by atoms with E-state index in [4.69, 9.17) is 4.42 Å². The smallest absolute Gasteiger partial charge is 0.277 e. The summed E-state index contributed by atoms with van der Waals surface area (Å²) >= 11 is 1.32. The van der Waals surface area contributed by atoms with E-state index >= 15 is 0 Å². The molecule has 0 unspecified atom stereocenters. The molecule has 5 nitrogen and oxygen atoms in total. The number of hydrogen-bond donors (Lipinski definition) is 0. The van der Waals surface area contributed by atoms with Gasteiger partial charge in [-0.25, -0.2) is 0 Å². The van der Waals surface area contributed by atoms with Crippen LogP contribution < -0.4 is 0 Å². The van der Waals surface area contributed by atoms with Crippen LogP contribution in [-0.2, 0) is 10.2 Å². The van der Waals surface area contributed by atoms with Crippen molar-refractivity contribution in [3.63, 3.8) is 0 Å². The molecule has 0 radical (unpaired) electrons. The number of likely N-dealkylation sites (tertiary alicyclic amines) is 1. The summed E-state index contributed by atoms with van der Waals surface area (Å²) in [7, 11) is 0. The summed E-state index contributed by atoms with van der Waals surface area (Å²) in [5.74, 6) is 0.971. The van der Waals surface area contributed by atoms with E-state index in [0.717, 1.165) is 18.4 Å². The van der Waals surface area contributed by atoms with Gasteiger partial charge in [0.25, 0.3) is 5.22 Å². The van der Waals surface area contributed by atoms with Crippen LogP contribution in [0.5, 0.6) is 0 Å². The van der Waals surface area contributed by atoms with Crippen LogP contribution in [-0.4, -0.2) is 38.8 Å². The summed E-state index contributed by atoms with van der Waals surface area (Å²) in [6.45, 7) is 10.8. The summed E-state index contributed by atoms with van der Waals surface area (Å²) in [4.78, 5) is 14.6. The van der Waals surface area contributed by atoms with Crippen molar-refractivity contribution in [1.82, 2.24) is 15.1 Å². The van der Waals surface area contributed by atoms with Gasteiger partial charge in [0.1, 0.15) is 0 Å². The molecule has 1 aliphatic heterocycles. The number of piperidine rings is 1. The maximum Gasteiger partial charge on any atom is 0.277 e. The third-order valence-electron chi connectivity index (χ3n) is 5.20. The molecular formula is C21H29N3O2S. The van der Waals surface area contributed by atoms with Gasteiger partial charge in [0.05, 0.1) is 5.75 Å². The normalized spacial score (nSPS) is 20.7. The van der Waals surface area contributed by atoms with Crippen molar-refractivity contribution in [2.75, 3.05) is 5.75 Å². The van der Waals surface area contributed by atoms with Gasteiger partial charge in [-0.15, -0.1) is 10.2 Å². The average molecular weight is 388 g/mol. The first-order chi connectivity index (χ1) is 12.8. The topological polar surface area (TPSA) is 59.2 Å². The average Bonchev–Trinajstić information content (AvgIpc) is 3.08. The van der Waals surface area contributed by atoms with Crippen molar-refractivity contribution < 1.29 is 9.21 Å². The molecule has 0 N–H and O–H groups in total. The largest absolute Gasteiger partial charge is 0.411 e. The molecule has 2 heterocycles. The number of aromatic nitrogens is 2. The Hall–Kier alpha value is -1.82. The fourth-order valence-electron chi connectivity index (χ4n) is 3.61. The second kappa shape index (κ2) is 8.05. The Bertz CT molecular complexity index is 769. The van der Waals surface area contributed by atoms with Gasteiger partial charge in [-0.05, 0) is 56.2 Å². The quantitative estimate of drug-likeness (QED) is 0.697. The molecule has 1 saturated heterocycles. The maximum atomic E-state index is 12.6. The molecule has 146 valence electrons. The van der Waals surface area contributed by atoms with Gasteiger partial charge < -0.3 is 9.32 Å². The predicted molar refractivity (Wildman–Crippen MR) is 109 cm³/mol. The Kier molecular flexibility index (Phi) is 5.94.